The Hall–Kier alpha value is -2.15. The van der Waals surface area contributed by atoms with E-state index in [4.69, 9.17) is 5.11 Å². The lowest BCUT2D eigenvalue weighted by Gasteiger charge is -2.04. The summed E-state index contributed by atoms with van der Waals surface area (Å²) in [5.74, 6) is -2.88. The van der Waals surface area contributed by atoms with Gasteiger partial charge in [0.2, 0.25) is 0 Å². The molecule has 1 aromatic heterocycles. The van der Waals surface area contributed by atoms with Crippen LogP contribution in [0.2, 0.25) is 0 Å². The van der Waals surface area contributed by atoms with E-state index in [1.54, 1.807) is 0 Å². The van der Waals surface area contributed by atoms with Crippen LogP contribution in [0.1, 0.15) is 16.2 Å². The van der Waals surface area contributed by atoms with E-state index in [9.17, 15) is 17.8 Å². The number of halogens is 2. The Balaban J connectivity index is 2.25. The molecule has 20 heavy (non-hydrogen) atoms. The van der Waals surface area contributed by atoms with E-state index in [0.717, 1.165) is 18.2 Å². The Morgan fingerprint density at radius 1 is 1.25 bits per heavy atom. The smallest absolute Gasteiger partial charge is 0.354 e. The van der Waals surface area contributed by atoms with Crippen molar-refractivity contribution in [3.63, 3.8) is 0 Å². The third kappa shape index (κ3) is 3.24. The van der Waals surface area contributed by atoms with E-state index in [2.05, 4.69) is 4.98 Å². The molecule has 0 saturated carbocycles. The summed E-state index contributed by atoms with van der Waals surface area (Å²) in [5.41, 5.74) is 0.0334. The van der Waals surface area contributed by atoms with Crippen molar-refractivity contribution in [2.45, 2.75) is 10.6 Å². The van der Waals surface area contributed by atoms with Gasteiger partial charge in [0.05, 0.1) is 27.1 Å². The van der Waals surface area contributed by atoms with Crippen LogP contribution in [0.4, 0.5) is 8.78 Å². The van der Waals surface area contributed by atoms with E-state index >= 15 is 0 Å². The Morgan fingerprint density at radius 2 is 2.00 bits per heavy atom. The second-order valence-electron chi connectivity index (χ2n) is 3.88. The zero-order valence-electron chi connectivity index (χ0n) is 10.0. The van der Waals surface area contributed by atoms with E-state index < -0.39 is 28.4 Å². The number of aromatic nitrogens is 1. The first-order valence-electron chi connectivity index (χ1n) is 5.50. The Kier molecular flexibility index (Phi) is 4.19. The number of carbonyl (C=O) groups is 1. The SMILES string of the molecule is O=C(O)c1cccc(CS(=O)c2cc(F)ccc2F)n1. The number of pyridine rings is 1. The molecule has 2 rings (SSSR count). The van der Waals surface area contributed by atoms with Crippen LogP contribution in [0.5, 0.6) is 0 Å². The fourth-order valence-electron chi connectivity index (χ4n) is 1.54. The molecule has 0 fully saturated rings. The molecule has 0 saturated heterocycles. The Morgan fingerprint density at radius 3 is 2.70 bits per heavy atom. The van der Waals surface area contributed by atoms with E-state index in [1.165, 1.54) is 18.2 Å². The van der Waals surface area contributed by atoms with Crippen LogP contribution >= 0.6 is 0 Å². The van der Waals surface area contributed by atoms with E-state index in [-0.39, 0.29) is 22.0 Å². The maximum Gasteiger partial charge on any atom is 0.354 e. The maximum atomic E-state index is 13.5. The predicted molar refractivity (Wildman–Crippen MR) is 67.7 cm³/mol. The first-order valence-corrected chi connectivity index (χ1v) is 6.82. The molecule has 0 amide bonds. The number of aromatic carboxylic acids is 1. The minimum atomic E-state index is -1.85. The van der Waals surface area contributed by atoms with Crippen LogP contribution < -0.4 is 0 Å². The fraction of sp³-hybridized carbons (Fsp3) is 0.0769. The molecule has 0 spiro atoms. The summed E-state index contributed by atoms with van der Waals surface area (Å²) in [4.78, 5) is 14.3. The van der Waals surface area contributed by atoms with Crippen LogP contribution in [-0.4, -0.2) is 20.3 Å². The van der Waals surface area contributed by atoms with Gasteiger partial charge in [-0.15, -0.1) is 0 Å². The fourth-order valence-corrected chi connectivity index (χ4v) is 2.66. The summed E-state index contributed by atoms with van der Waals surface area (Å²) in [6.45, 7) is 0. The topological polar surface area (TPSA) is 67.3 Å². The third-order valence-corrected chi connectivity index (χ3v) is 3.80. The van der Waals surface area contributed by atoms with Crippen molar-refractivity contribution in [2.75, 3.05) is 0 Å². The first kappa shape index (κ1) is 14.3. The lowest BCUT2D eigenvalue weighted by atomic mass is 10.3. The van der Waals surface area contributed by atoms with E-state index in [0.29, 0.717) is 0 Å². The minimum Gasteiger partial charge on any atom is -0.477 e. The van der Waals surface area contributed by atoms with Gasteiger partial charge in [-0.2, -0.15) is 0 Å². The van der Waals surface area contributed by atoms with Crippen molar-refractivity contribution in [3.8, 4) is 0 Å². The van der Waals surface area contributed by atoms with Gasteiger partial charge in [0, 0.05) is 0 Å². The lowest BCUT2D eigenvalue weighted by molar-refractivity contribution is 0.0690. The summed E-state index contributed by atoms with van der Waals surface area (Å²) in [6.07, 6.45) is 0. The Labute approximate surface area is 115 Å². The van der Waals surface area contributed by atoms with Crippen molar-refractivity contribution in [1.82, 2.24) is 4.98 Å². The normalized spacial score (nSPS) is 12.1. The summed E-state index contributed by atoms with van der Waals surface area (Å²) in [5, 5.41) is 8.79. The number of hydrogen-bond donors (Lipinski definition) is 1. The van der Waals surface area contributed by atoms with Gasteiger partial charge in [0.15, 0.2) is 0 Å². The monoisotopic (exact) mass is 297 g/mol. The molecule has 0 bridgehead atoms. The second kappa shape index (κ2) is 5.87. The van der Waals surface area contributed by atoms with Gasteiger partial charge in [-0.3, -0.25) is 4.21 Å². The van der Waals surface area contributed by atoms with Gasteiger partial charge in [-0.25, -0.2) is 18.6 Å². The number of benzene rings is 1. The number of rotatable bonds is 4. The molecule has 104 valence electrons. The molecule has 1 N–H and O–H groups in total. The molecule has 1 heterocycles. The number of hydrogen-bond acceptors (Lipinski definition) is 3. The van der Waals surface area contributed by atoms with Crippen LogP contribution in [0.25, 0.3) is 0 Å². The molecule has 1 unspecified atom stereocenters. The average Bonchev–Trinajstić information content (AvgIpc) is 2.41. The van der Waals surface area contributed by atoms with Crippen molar-refractivity contribution >= 4 is 16.8 Å². The zero-order valence-corrected chi connectivity index (χ0v) is 10.9. The van der Waals surface area contributed by atoms with Gasteiger partial charge < -0.3 is 5.11 Å². The molecule has 2 aromatic rings. The van der Waals surface area contributed by atoms with Crippen LogP contribution in [0, 0.1) is 11.6 Å². The highest BCUT2D eigenvalue weighted by molar-refractivity contribution is 7.84. The molecule has 0 aliphatic heterocycles. The molecule has 0 aliphatic rings. The van der Waals surface area contributed by atoms with Crippen molar-refractivity contribution in [3.05, 3.63) is 59.4 Å². The molecule has 7 heteroatoms. The van der Waals surface area contributed by atoms with Crippen LogP contribution in [0.15, 0.2) is 41.3 Å². The van der Waals surface area contributed by atoms with Crippen molar-refractivity contribution in [2.24, 2.45) is 0 Å². The summed E-state index contributed by atoms with van der Waals surface area (Å²) in [7, 11) is -1.85. The molecule has 0 aliphatic carbocycles. The second-order valence-corrected chi connectivity index (χ2v) is 5.30. The number of nitrogens with zero attached hydrogens (tertiary/aromatic N) is 1. The summed E-state index contributed by atoms with van der Waals surface area (Å²) < 4.78 is 38.5. The van der Waals surface area contributed by atoms with Crippen LogP contribution in [-0.2, 0) is 16.6 Å². The average molecular weight is 297 g/mol. The highest BCUT2D eigenvalue weighted by Crippen LogP contribution is 2.17. The molecule has 4 nitrogen and oxygen atoms in total. The van der Waals surface area contributed by atoms with Gasteiger partial charge >= 0.3 is 5.97 Å². The van der Waals surface area contributed by atoms with Gasteiger partial charge in [-0.1, -0.05) is 6.07 Å². The quantitative estimate of drug-likeness (QED) is 0.940. The molecular weight excluding hydrogens is 288 g/mol. The molecule has 1 atom stereocenters. The van der Waals surface area contributed by atoms with Gasteiger partial charge in [0.25, 0.3) is 0 Å². The van der Waals surface area contributed by atoms with Crippen molar-refractivity contribution < 1.29 is 22.9 Å². The summed E-state index contributed by atoms with van der Waals surface area (Å²) >= 11 is 0. The maximum absolute atomic E-state index is 13.5. The third-order valence-electron chi connectivity index (χ3n) is 2.44. The largest absolute Gasteiger partial charge is 0.477 e. The Bertz CT molecular complexity index is 691. The predicted octanol–water partition coefficient (Wildman–Crippen LogP) is 2.37. The van der Waals surface area contributed by atoms with Crippen molar-refractivity contribution in [1.29, 1.82) is 0 Å². The lowest BCUT2D eigenvalue weighted by Crippen LogP contribution is -2.06. The number of carboxylic acid groups (broad SMARTS) is 1. The van der Waals surface area contributed by atoms with Gasteiger partial charge in [0.1, 0.15) is 17.3 Å². The zero-order chi connectivity index (χ0) is 14.7. The molecular formula is C13H9F2NO3S. The minimum absolute atomic E-state index is 0.193. The molecule has 0 radical (unpaired) electrons. The van der Waals surface area contributed by atoms with E-state index in [1.807, 2.05) is 0 Å². The standard InChI is InChI=1S/C13H9F2NO3S/c14-8-4-5-10(15)12(6-8)20(19)7-9-2-1-3-11(16-9)13(17)18/h1-6H,7H2,(H,17,18). The molecule has 1 aromatic carbocycles. The van der Waals surface area contributed by atoms with Gasteiger partial charge in [-0.05, 0) is 30.3 Å². The summed E-state index contributed by atoms with van der Waals surface area (Å²) in [6, 6.07) is 6.89. The van der Waals surface area contributed by atoms with Crippen LogP contribution in [0.3, 0.4) is 0 Å². The highest BCUT2D eigenvalue weighted by Gasteiger charge is 2.14. The highest BCUT2D eigenvalue weighted by atomic mass is 32.2. The first-order chi connectivity index (χ1) is 9.47. The number of carboxylic acids is 1.